The van der Waals surface area contributed by atoms with Crippen LogP contribution in [0.2, 0.25) is 0 Å². The van der Waals surface area contributed by atoms with E-state index in [1.165, 1.54) is 18.3 Å². The lowest BCUT2D eigenvalue weighted by atomic mass is 10.2. The quantitative estimate of drug-likeness (QED) is 0.606. The van der Waals surface area contributed by atoms with Gasteiger partial charge in [0.05, 0.1) is 5.56 Å². The predicted octanol–water partition coefficient (Wildman–Crippen LogP) is 1.03. The van der Waals surface area contributed by atoms with Gasteiger partial charge in [0.2, 0.25) is 0 Å². The van der Waals surface area contributed by atoms with E-state index in [0.29, 0.717) is 11.3 Å². The minimum absolute atomic E-state index is 0.284. The van der Waals surface area contributed by atoms with Gasteiger partial charge in [-0.25, -0.2) is 0 Å². The number of amides is 2. The minimum atomic E-state index is -0.521. The maximum atomic E-state index is 11.8. The topological polar surface area (TPSA) is 85.1 Å². The van der Waals surface area contributed by atoms with Crippen molar-refractivity contribution in [3.05, 3.63) is 59.9 Å². The molecule has 2 aromatic rings. The molecule has 0 saturated carbocycles. The van der Waals surface area contributed by atoms with E-state index in [9.17, 15) is 9.59 Å². The summed E-state index contributed by atoms with van der Waals surface area (Å²) in [5.74, 6) is -1.03. The van der Waals surface area contributed by atoms with Crippen LogP contribution in [-0.4, -0.2) is 16.8 Å². The highest BCUT2D eigenvalue weighted by atomic mass is 16.2. The van der Waals surface area contributed by atoms with Crippen molar-refractivity contribution in [2.75, 3.05) is 5.73 Å². The number of hydrogen-bond acceptors (Lipinski definition) is 4. The van der Waals surface area contributed by atoms with Gasteiger partial charge in [0.1, 0.15) is 0 Å². The third kappa shape index (κ3) is 2.70. The van der Waals surface area contributed by atoms with Crippen molar-refractivity contribution in [1.82, 2.24) is 10.3 Å². The molecule has 0 unspecified atom stereocenters. The molecule has 0 saturated heterocycles. The Morgan fingerprint density at radius 3 is 2.67 bits per heavy atom. The number of nitrogens with one attached hydrogen (secondary N) is 1. The number of imide groups is 1. The van der Waals surface area contributed by atoms with E-state index < -0.39 is 11.8 Å². The van der Waals surface area contributed by atoms with Gasteiger partial charge >= 0.3 is 0 Å². The van der Waals surface area contributed by atoms with E-state index in [1.54, 1.807) is 24.4 Å². The summed E-state index contributed by atoms with van der Waals surface area (Å²) < 4.78 is 0. The van der Waals surface area contributed by atoms with Gasteiger partial charge in [0.25, 0.3) is 11.8 Å². The normalized spacial score (nSPS) is 9.78. The molecular formula is C13H10N3O2. The summed E-state index contributed by atoms with van der Waals surface area (Å²) in [6.45, 7) is 0. The predicted molar refractivity (Wildman–Crippen MR) is 65.7 cm³/mol. The van der Waals surface area contributed by atoms with Crippen LogP contribution in [0.25, 0.3) is 0 Å². The number of carbonyl (C=O) groups excluding carboxylic acids is 2. The van der Waals surface area contributed by atoms with Gasteiger partial charge in [0, 0.05) is 23.6 Å². The van der Waals surface area contributed by atoms with Crippen LogP contribution >= 0.6 is 0 Å². The van der Waals surface area contributed by atoms with E-state index in [1.807, 2.05) is 0 Å². The monoisotopic (exact) mass is 240 g/mol. The lowest BCUT2D eigenvalue weighted by Gasteiger charge is -2.04. The van der Waals surface area contributed by atoms with Crippen LogP contribution in [-0.2, 0) is 0 Å². The highest BCUT2D eigenvalue weighted by Gasteiger charge is 2.12. The van der Waals surface area contributed by atoms with E-state index in [2.05, 4.69) is 16.4 Å². The van der Waals surface area contributed by atoms with E-state index in [4.69, 9.17) is 5.73 Å². The van der Waals surface area contributed by atoms with Crippen LogP contribution in [0.4, 0.5) is 5.69 Å². The minimum Gasteiger partial charge on any atom is -0.399 e. The van der Waals surface area contributed by atoms with Crippen molar-refractivity contribution in [2.45, 2.75) is 0 Å². The Labute approximate surface area is 104 Å². The molecule has 1 heterocycles. The SMILES string of the molecule is Nc1c[c]cc(C(=O)NC(=O)c2cccnc2)c1. The summed E-state index contributed by atoms with van der Waals surface area (Å²) in [7, 11) is 0. The molecule has 89 valence electrons. The molecule has 0 bridgehead atoms. The highest BCUT2D eigenvalue weighted by molar-refractivity contribution is 6.10. The van der Waals surface area contributed by atoms with Gasteiger partial charge in [-0.2, -0.15) is 0 Å². The van der Waals surface area contributed by atoms with Crippen LogP contribution in [0, 0.1) is 6.07 Å². The molecular weight excluding hydrogens is 230 g/mol. The average molecular weight is 240 g/mol. The highest BCUT2D eigenvalue weighted by Crippen LogP contribution is 2.06. The van der Waals surface area contributed by atoms with Crippen molar-refractivity contribution in [1.29, 1.82) is 0 Å². The molecule has 1 radical (unpaired) electrons. The molecule has 5 heteroatoms. The van der Waals surface area contributed by atoms with Gasteiger partial charge < -0.3 is 5.73 Å². The number of nitrogens with two attached hydrogens (primary N) is 1. The molecule has 18 heavy (non-hydrogen) atoms. The fourth-order valence-electron chi connectivity index (χ4n) is 1.37. The zero-order valence-corrected chi connectivity index (χ0v) is 9.38. The Morgan fingerprint density at radius 1 is 1.22 bits per heavy atom. The lowest BCUT2D eigenvalue weighted by Crippen LogP contribution is -2.30. The summed E-state index contributed by atoms with van der Waals surface area (Å²) in [5, 5.41) is 2.25. The summed E-state index contributed by atoms with van der Waals surface area (Å²) in [6.07, 6.45) is 2.93. The maximum Gasteiger partial charge on any atom is 0.259 e. The van der Waals surface area contributed by atoms with Crippen LogP contribution in [0.1, 0.15) is 20.7 Å². The molecule has 5 nitrogen and oxygen atoms in total. The van der Waals surface area contributed by atoms with Crippen LogP contribution in [0.5, 0.6) is 0 Å². The van der Waals surface area contributed by atoms with Crippen molar-refractivity contribution in [3.8, 4) is 0 Å². The van der Waals surface area contributed by atoms with Crippen LogP contribution in [0.3, 0.4) is 0 Å². The molecule has 0 atom stereocenters. The number of pyridine rings is 1. The van der Waals surface area contributed by atoms with Crippen LogP contribution < -0.4 is 11.1 Å². The standard InChI is InChI=1S/C13H10N3O2/c14-11-5-1-3-9(7-11)12(17)16-13(18)10-4-2-6-15-8-10/h2-8H,14H2,(H,16,17,18). The van der Waals surface area contributed by atoms with Gasteiger partial charge in [0.15, 0.2) is 0 Å². The van der Waals surface area contributed by atoms with E-state index in [0.717, 1.165) is 0 Å². The van der Waals surface area contributed by atoms with E-state index in [-0.39, 0.29) is 5.56 Å². The second-order valence-electron chi connectivity index (χ2n) is 3.58. The summed E-state index contributed by atoms with van der Waals surface area (Å²) >= 11 is 0. The van der Waals surface area contributed by atoms with Gasteiger partial charge in [-0.15, -0.1) is 0 Å². The molecule has 0 aliphatic heterocycles. The molecule has 2 amide bonds. The Balaban J connectivity index is 2.11. The first-order chi connectivity index (χ1) is 8.66. The van der Waals surface area contributed by atoms with Crippen molar-refractivity contribution < 1.29 is 9.59 Å². The third-order valence-corrected chi connectivity index (χ3v) is 2.22. The maximum absolute atomic E-state index is 11.8. The summed E-state index contributed by atoms with van der Waals surface area (Å²) in [4.78, 5) is 27.3. The first-order valence-electron chi connectivity index (χ1n) is 5.19. The Kier molecular flexibility index (Phi) is 3.33. The molecule has 0 fully saturated rings. The smallest absolute Gasteiger partial charge is 0.259 e. The van der Waals surface area contributed by atoms with Crippen molar-refractivity contribution in [3.63, 3.8) is 0 Å². The Bertz CT molecular complexity index is 582. The fourth-order valence-corrected chi connectivity index (χ4v) is 1.37. The number of aromatic nitrogens is 1. The number of carbonyl (C=O) groups is 2. The van der Waals surface area contributed by atoms with Crippen molar-refractivity contribution in [2.24, 2.45) is 0 Å². The first-order valence-corrected chi connectivity index (χ1v) is 5.19. The van der Waals surface area contributed by atoms with Gasteiger partial charge in [-0.05, 0) is 36.4 Å². The molecule has 1 aromatic heterocycles. The van der Waals surface area contributed by atoms with Gasteiger partial charge in [-0.3, -0.25) is 19.9 Å². The average Bonchev–Trinajstić information content (AvgIpc) is 2.39. The third-order valence-electron chi connectivity index (χ3n) is 2.22. The first kappa shape index (κ1) is 11.8. The van der Waals surface area contributed by atoms with Crippen LogP contribution in [0.15, 0.2) is 42.7 Å². The lowest BCUT2D eigenvalue weighted by molar-refractivity contribution is 0.0849. The molecule has 2 rings (SSSR count). The second-order valence-corrected chi connectivity index (χ2v) is 3.58. The van der Waals surface area contributed by atoms with E-state index >= 15 is 0 Å². The number of anilines is 1. The Hall–Kier alpha value is -2.69. The second kappa shape index (κ2) is 5.09. The zero-order chi connectivity index (χ0) is 13.0. The molecule has 0 aliphatic carbocycles. The molecule has 0 spiro atoms. The molecule has 1 aromatic carbocycles. The van der Waals surface area contributed by atoms with Gasteiger partial charge in [-0.1, -0.05) is 0 Å². The number of hydrogen-bond donors (Lipinski definition) is 2. The number of benzene rings is 1. The fraction of sp³-hybridized carbons (Fsp3) is 0. The number of rotatable bonds is 2. The Morgan fingerprint density at radius 2 is 2.00 bits per heavy atom. The van der Waals surface area contributed by atoms with Crippen molar-refractivity contribution >= 4 is 17.5 Å². The largest absolute Gasteiger partial charge is 0.399 e. The number of nitrogen functional groups attached to an aromatic ring is 1. The summed E-state index contributed by atoms with van der Waals surface area (Å²) in [5.41, 5.74) is 6.55. The molecule has 0 aliphatic rings. The zero-order valence-electron chi connectivity index (χ0n) is 9.38. The molecule has 3 N–H and O–H groups in total. The number of nitrogens with zero attached hydrogens (tertiary/aromatic N) is 1. The summed E-state index contributed by atoms with van der Waals surface area (Å²) in [6, 6.07) is 10.4.